The summed E-state index contributed by atoms with van der Waals surface area (Å²) in [6.07, 6.45) is 2.36. The number of halogens is 1. The highest BCUT2D eigenvalue weighted by atomic mass is 79.9. The van der Waals surface area contributed by atoms with Crippen LogP contribution in [0.1, 0.15) is 19.3 Å². The van der Waals surface area contributed by atoms with Crippen molar-refractivity contribution in [3.05, 3.63) is 22.7 Å². The van der Waals surface area contributed by atoms with Crippen molar-refractivity contribution in [3.63, 3.8) is 0 Å². The van der Waals surface area contributed by atoms with Crippen LogP contribution < -0.4 is 10.6 Å². The standard InChI is InChI=1S/C13H13BrN2O2/c14-9-3-4-11(10(15)6-9)16-12(17)7-1-2-8(5-7)13(16)18/h3-4,6-8H,1-2,5,15H2. The van der Waals surface area contributed by atoms with Gasteiger partial charge in [-0.1, -0.05) is 15.9 Å². The van der Waals surface area contributed by atoms with Crippen LogP contribution in [0.25, 0.3) is 0 Å². The van der Waals surface area contributed by atoms with E-state index in [9.17, 15) is 9.59 Å². The zero-order valence-electron chi connectivity index (χ0n) is 9.73. The van der Waals surface area contributed by atoms with Gasteiger partial charge in [-0.25, -0.2) is 4.90 Å². The molecule has 2 unspecified atom stereocenters. The quantitative estimate of drug-likeness (QED) is 0.639. The van der Waals surface area contributed by atoms with E-state index in [4.69, 9.17) is 5.73 Å². The predicted molar refractivity (Wildman–Crippen MR) is 71.9 cm³/mol. The lowest BCUT2D eigenvalue weighted by molar-refractivity contribution is -0.132. The number of benzene rings is 1. The molecule has 0 aromatic heterocycles. The lowest BCUT2D eigenvalue weighted by atomic mass is 9.96. The number of anilines is 2. The molecule has 4 nitrogen and oxygen atoms in total. The van der Waals surface area contributed by atoms with E-state index in [1.54, 1.807) is 18.2 Å². The molecule has 1 aromatic rings. The Hall–Kier alpha value is -1.36. The molecule has 94 valence electrons. The van der Waals surface area contributed by atoms with Crippen molar-refractivity contribution in [3.8, 4) is 0 Å². The summed E-state index contributed by atoms with van der Waals surface area (Å²) in [7, 11) is 0. The molecule has 2 bridgehead atoms. The zero-order chi connectivity index (χ0) is 12.9. The van der Waals surface area contributed by atoms with Crippen molar-refractivity contribution in [2.75, 3.05) is 10.6 Å². The summed E-state index contributed by atoms with van der Waals surface area (Å²) in [5.74, 6) is -0.197. The Balaban J connectivity index is 2.05. The van der Waals surface area contributed by atoms with Gasteiger partial charge >= 0.3 is 0 Å². The summed E-state index contributed by atoms with van der Waals surface area (Å²) in [5, 5.41) is 0. The van der Waals surface area contributed by atoms with Gasteiger partial charge in [-0.05, 0) is 37.5 Å². The Labute approximate surface area is 113 Å². The number of hydrogen-bond acceptors (Lipinski definition) is 3. The van der Waals surface area contributed by atoms with Crippen molar-refractivity contribution in [2.45, 2.75) is 19.3 Å². The molecule has 1 heterocycles. The number of hydrogen-bond donors (Lipinski definition) is 1. The predicted octanol–water partition coefficient (Wildman–Crippen LogP) is 2.32. The van der Waals surface area contributed by atoms with Crippen molar-refractivity contribution in [1.82, 2.24) is 0 Å². The third kappa shape index (κ3) is 1.65. The SMILES string of the molecule is Nc1cc(Br)ccc1N1C(=O)C2CCC(C2)C1=O. The number of fused-ring (bicyclic) bond motifs is 2. The van der Waals surface area contributed by atoms with Gasteiger partial charge in [-0.3, -0.25) is 9.59 Å². The van der Waals surface area contributed by atoms with Crippen LogP contribution in [-0.2, 0) is 9.59 Å². The fraction of sp³-hybridized carbons (Fsp3) is 0.385. The highest BCUT2D eigenvalue weighted by Gasteiger charge is 2.46. The monoisotopic (exact) mass is 308 g/mol. The number of amides is 2. The maximum atomic E-state index is 12.3. The molecule has 2 atom stereocenters. The second kappa shape index (κ2) is 4.09. The van der Waals surface area contributed by atoms with Gasteiger partial charge in [-0.15, -0.1) is 0 Å². The summed E-state index contributed by atoms with van der Waals surface area (Å²) in [6, 6.07) is 5.23. The van der Waals surface area contributed by atoms with Crippen LogP contribution in [0.4, 0.5) is 11.4 Å². The average molecular weight is 309 g/mol. The van der Waals surface area contributed by atoms with Gasteiger partial charge < -0.3 is 5.73 Å². The molecule has 2 aliphatic rings. The maximum absolute atomic E-state index is 12.3. The van der Waals surface area contributed by atoms with Gasteiger partial charge in [-0.2, -0.15) is 0 Å². The molecule has 1 saturated heterocycles. The number of nitrogens with two attached hydrogens (primary N) is 1. The van der Waals surface area contributed by atoms with Crippen LogP contribution in [0.5, 0.6) is 0 Å². The third-order valence-corrected chi connectivity index (χ3v) is 4.30. The van der Waals surface area contributed by atoms with Crippen LogP contribution in [0.15, 0.2) is 22.7 Å². The smallest absolute Gasteiger partial charge is 0.236 e. The van der Waals surface area contributed by atoms with E-state index in [0.29, 0.717) is 17.8 Å². The van der Waals surface area contributed by atoms with Gasteiger partial charge in [0.15, 0.2) is 0 Å². The number of rotatable bonds is 1. The number of nitrogens with zero attached hydrogens (tertiary/aromatic N) is 1. The number of carbonyl (C=O) groups is 2. The minimum Gasteiger partial charge on any atom is -0.397 e. The van der Waals surface area contributed by atoms with E-state index in [-0.39, 0.29) is 23.7 Å². The highest BCUT2D eigenvalue weighted by molar-refractivity contribution is 9.10. The molecular weight excluding hydrogens is 296 g/mol. The van der Waals surface area contributed by atoms with E-state index < -0.39 is 0 Å². The third-order valence-electron chi connectivity index (χ3n) is 3.80. The molecule has 0 radical (unpaired) electrons. The van der Waals surface area contributed by atoms with E-state index >= 15 is 0 Å². The maximum Gasteiger partial charge on any atom is 0.236 e. The van der Waals surface area contributed by atoms with Crippen LogP contribution >= 0.6 is 15.9 Å². The van der Waals surface area contributed by atoms with Gasteiger partial charge in [0.1, 0.15) is 0 Å². The van der Waals surface area contributed by atoms with Crippen LogP contribution in [0, 0.1) is 11.8 Å². The molecule has 0 spiro atoms. The van der Waals surface area contributed by atoms with E-state index in [1.807, 2.05) is 0 Å². The molecule has 1 aromatic carbocycles. The summed E-state index contributed by atoms with van der Waals surface area (Å²) in [5.41, 5.74) is 6.88. The summed E-state index contributed by atoms with van der Waals surface area (Å²) in [4.78, 5) is 25.8. The topological polar surface area (TPSA) is 63.4 Å². The minimum atomic E-state index is -0.0947. The molecular formula is C13H13BrN2O2. The van der Waals surface area contributed by atoms with Crippen LogP contribution in [0.3, 0.4) is 0 Å². The molecule has 1 saturated carbocycles. The number of carbonyl (C=O) groups excluding carboxylic acids is 2. The average Bonchev–Trinajstić information content (AvgIpc) is 2.76. The molecule has 1 aliphatic heterocycles. The van der Waals surface area contributed by atoms with Gasteiger partial charge in [0, 0.05) is 16.3 Å². The van der Waals surface area contributed by atoms with Crippen molar-refractivity contribution < 1.29 is 9.59 Å². The molecule has 18 heavy (non-hydrogen) atoms. The second-order valence-electron chi connectivity index (χ2n) is 4.92. The molecule has 1 aliphatic carbocycles. The van der Waals surface area contributed by atoms with Gasteiger partial charge in [0.2, 0.25) is 11.8 Å². The molecule has 3 rings (SSSR count). The Bertz CT molecular complexity index is 522. The Morgan fingerprint density at radius 2 is 1.78 bits per heavy atom. The first-order valence-corrected chi connectivity index (χ1v) is 6.80. The molecule has 2 amide bonds. The Morgan fingerprint density at radius 3 is 2.33 bits per heavy atom. The number of nitrogen functional groups attached to an aromatic ring is 1. The van der Waals surface area contributed by atoms with E-state index in [2.05, 4.69) is 15.9 Å². The summed E-state index contributed by atoms with van der Waals surface area (Å²) in [6.45, 7) is 0. The summed E-state index contributed by atoms with van der Waals surface area (Å²) < 4.78 is 0.837. The summed E-state index contributed by atoms with van der Waals surface area (Å²) >= 11 is 3.32. The molecule has 2 fully saturated rings. The zero-order valence-corrected chi connectivity index (χ0v) is 11.3. The Morgan fingerprint density at radius 1 is 1.17 bits per heavy atom. The fourth-order valence-electron chi connectivity index (χ4n) is 2.87. The lowest BCUT2D eigenvalue weighted by Crippen LogP contribution is -2.46. The first-order valence-electron chi connectivity index (χ1n) is 6.01. The van der Waals surface area contributed by atoms with Gasteiger partial charge in [0.05, 0.1) is 11.4 Å². The second-order valence-corrected chi connectivity index (χ2v) is 5.84. The van der Waals surface area contributed by atoms with E-state index in [1.165, 1.54) is 4.90 Å². The first kappa shape index (κ1) is 11.7. The van der Waals surface area contributed by atoms with Crippen LogP contribution in [-0.4, -0.2) is 11.8 Å². The van der Waals surface area contributed by atoms with Crippen molar-refractivity contribution >= 4 is 39.1 Å². The van der Waals surface area contributed by atoms with Crippen LogP contribution in [0.2, 0.25) is 0 Å². The largest absolute Gasteiger partial charge is 0.397 e. The van der Waals surface area contributed by atoms with Gasteiger partial charge in [0.25, 0.3) is 0 Å². The fourth-order valence-corrected chi connectivity index (χ4v) is 3.25. The Kier molecular flexibility index (Phi) is 2.66. The van der Waals surface area contributed by atoms with Crippen molar-refractivity contribution in [1.29, 1.82) is 0 Å². The number of piperidine rings is 1. The molecule has 2 N–H and O–H groups in total. The highest BCUT2D eigenvalue weighted by Crippen LogP contribution is 2.41. The molecule has 5 heteroatoms. The van der Waals surface area contributed by atoms with Crippen molar-refractivity contribution in [2.24, 2.45) is 11.8 Å². The first-order chi connectivity index (χ1) is 8.58. The minimum absolute atomic E-state index is 0.00394. The number of imide groups is 1. The lowest BCUT2D eigenvalue weighted by Gasteiger charge is -2.30. The van der Waals surface area contributed by atoms with E-state index in [0.717, 1.165) is 17.3 Å². The normalized spacial score (nSPS) is 26.8.